The van der Waals surface area contributed by atoms with Crippen LogP contribution in [-0.4, -0.2) is 0 Å². The van der Waals surface area contributed by atoms with Crippen LogP contribution in [-0.2, 0) is 19.5 Å². The van der Waals surface area contributed by atoms with Gasteiger partial charge in [0.25, 0.3) is 0 Å². The first-order valence-electron chi connectivity index (χ1n) is 2.44. The molecular weight excluding hydrogens is 359 g/mol. The predicted molar refractivity (Wildman–Crippen MR) is 25.1 cm³/mol. The molecule has 0 atom stereocenters. The van der Waals surface area contributed by atoms with Crippen LogP contribution in [0.5, 0.6) is 0 Å². The number of hydrogen-bond donors (Lipinski definition) is 0. The van der Waals surface area contributed by atoms with Crippen LogP contribution in [0.3, 0.4) is 0 Å². The molecule has 0 fully saturated rings. The molecule has 0 bridgehead atoms. The van der Waals surface area contributed by atoms with Gasteiger partial charge in [0.1, 0.15) is 0 Å². The molecule has 7 heteroatoms. The van der Waals surface area contributed by atoms with Crippen molar-refractivity contribution in [3.05, 3.63) is 35.2 Å². The zero-order chi connectivity index (χ0) is 8.59. The third-order valence-corrected chi connectivity index (χ3v) is 0.990. The first kappa shape index (κ1) is 15.7. The molecule has 13 heavy (non-hydrogen) atoms. The smallest absolute Gasteiger partial charge is 1.00 e. The largest absolute Gasteiger partial charge is 2.00 e. The van der Waals surface area contributed by atoms with Gasteiger partial charge in [-0.15, -0.1) is 6.07 Å². The third kappa shape index (κ3) is 3.12. The molecule has 1 aromatic carbocycles. The van der Waals surface area contributed by atoms with E-state index < -0.39 is 29.1 Å². The van der Waals surface area contributed by atoms with Gasteiger partial charge in [-0.2, -0.15) is 0 Å². The van der Waals surface area contributed by atoms with Crippen molar-refractivity contribution < 1.29 is 65.4 Å². The van der Waals surface area contributed by atoms with Crippen molar-refractivity contribution in [3.63, 3.8) is 0 Å². The summed E-state index contributed by atoms with van der Waals surface area (Å²) in [4.78, 5) is 0. The van der Waals surface area contributed by atoms with E-state index in [1.165, 1.54) is 0 Å². The standard InChI is InChI=1S/C6F5.HI.Zn/c7-2-1-3(8)5(10)6(11)4(2)9;;/h;1H;/q-1;;+2/p-1. The van der Waals surface area contributed by atoms with Gasteiger partial charge in [-0.05, 0) is 0 Å². The second-order valence-corrected chi connectivity index (χ2v) is 1.69. The Kier molecular flexibility index (Phi) is 7.06. The number of benzene rings is 1. The molecule has 0 N–H and O–H groups in total. The molecule has 68 valence electrons. The minimum Gasteiger partial charge on any atom is -1.00 e. The number of halogens is 6. The van der Waals surface area contributed by atoms with E-state index in [0.717, 1.165) is 6.07 Å². The van der Waals surface area contributed by atoms with Crippen LogP contribution in [0.4, 0.5) is 22.0 Å². The van der Waals surface area contributed by atoms with Crippen LogP contribution in [0.1, 0.15) is 0 Å². The maximum atomic E-state index is 12.0. The maximum Gasteiger partial charge on any atom is 2.00 e. The maximum absolute atomic E-state index is 12.0. The van der Waals surface area contributed by atoms with Crippen molar-refractivity contribution in [3.8, 4) is 0 Å². The normalized spacial score (nSPS) is 8.69. The van der Waals surface area contributed by atoms with E-state index in [9.17, 15) is 22.0 Å². The summed E-state index contributed by atoms with van der Waals surface area (Å²) in [7, 11) is 0. The van der Waals surface area contributed by atoms with Crippen molar-refractivity contribution >= 4 is 0 Å². The van der Waals surface area contributed by atoms with E-state index in [2.05, 4.69) is 0 Å². The van der Waals surface area contributed by atoms with Crippen LogP contribution in [0.2, 0.25) is 0 Å². The second-order valence-electron chi connectivity index (χ2n) is 1.69. The van der Waals surface area contributed by atoms with Gasteiger partial charge in [-0.25, -0.2) is 13.2 Å². The fraction of sp³-hybridized carbons (Fsp3) is 0. The second kappa shape index (κ2) is 5.85. The van der Waals surface area contributed by atoms with Gasteiger partial charge in [-0.1, -0.05) is 0 Å². The summed E-state index contributed by atoms with van der Waals surface area (Å²) in [6.07, 6.45) is 0. The minimum absolute atomic E-state index is 0. The molecule has 0 saturated carbocycles. The Morgan fingerprint density at radius 1 is 0.692 bits per heavy atom. The molecule has 0 aliphatic carbocycles. The van der Waals surface area contributed by atoms with Crippen LogP contribution in [0.25, 0.3) is 0 Å². The Balaban J connectivity index is 0. The average Bonchev–Trinajstić information content (AvgIpc) is 1.97. The minimum atomic E-state index is -2.17. The Bertz CT molecular complexity index is 277. The van der Waals surface area contributed by atoms with Crippen molar-refractivity contribution in [2.75, 3.05) is 0 Å². The molecule has 0 aromatic heterocycles. The average molecular weight is 359 g/mol. The van der Waals surface area contributed by atoms with Crippen molar-refractivity contribution in [1.29, 1.82) is 0 Å². The molecule has 0 spiro atoms. The van der Waals surface area contributed by atoms with E-state index >= 15 is 0 Å². The number of rotatable bonds is 0. The van der Waals surface area contributed by atoms with Crippen LogP contribution < -0.4 is 24.0 Å². The first-order valence-corrected chi connectivity index (χ1v) is 2.44. The molecule has 1 rings (SSSR count). The van der Waals surface area contributed by atoms with Crippen molar-refractivity contribution in [2.24, 2.45) is 0 Å². The summed E-state index contributed by atoms with van der Waals surface area (Å²) in [6.45, 7) is 0. The van der Waals surface area contributed by atoms with Crippen molar-refractivity contribution in [1.82, 2.24) is 0 Å². The Labute approximate surface area is 100 Å². The monoisotopic (exact) mass is 358 g/mol. The van der Waals surface area contributed by atoms with E-state index in [4.69, 9.17) is 0 Å². The van der Waals surface area contributed by atoms with E-state index in [1.807, 2.05) is 0 Å². The summed E-state index contributed by atoms with van der Waals surface area (Å²) >= 11 is 0. The Morgan fingerprint density at radius 2 is 1.00 bits per heavy atom. The molecule has 0 aliphatic rings. The molecule has 0 radical (unpaired) electrons. The summed E-state index contributed by atoms with van der Waals surface area (Å²) in [5, 5.41) is 0. The van der Waals surface area contributed by atoms with Gasteiger partial charge in [0.15, 0.2) is 0 Å². The van der Waals surface area contributed by atoms with E-state index in [0.29, 0.717) is 0 Å². The molecular formula is C6F5IZn. The number of hydrogen-bond acceptors (Lipinski definition) is 0. The molecule has 0 aliphatic heterocycles. The molecule has 1 aromatic rings. The third-order valence-electron chi connectivity index (χ3n) is 0.990. The summed E-state index contributed by atoms with van der Waals surface area (Å²) in [5.74, 6) is -10.0. The Hall–Kier alpha value is 0.223. The zero-order valence-electron chi connectivity index (χ0n) is 5.97. The van der Waals surface area contributed by atoms with E-state index in [1.54, 1.807) is 0 Å². The van der Waals surface area contributed by atoms with Gasteiger partial charge in [0.2, 0.25) is 0 Å². The fourth-order valence-corrected chi connectivity index (χ4v) is 0.495. The van der Waals surface area contributed by atoms with Gasteiger partial charge >= 0.3 is 19.5 Å². The predicted octanol–water partition coefficient (Wildman–Crippen LogP) is -0.816. The molecule has 0 heterocycles. The fourth-order valence-electron chi connectivity index (χ4n) is 0.495. The summed E-state index contributed by atoms with van der Waals surface area (Å²) in [6, 6.07) is 1.02. The van der Waals surface area contributed by atoms with Crippen LogP contribution >= 0.6 is 0 Å². The van der Waals surface area contributed by atoms with Gasteiger partial charge in [0, 0.05) is 0 Å². The first-order chi connectivity index (χ1) is 5.04. The summed E-state index contributed by atoms with van der Waals surface area (Å²) < 4.78 is 59.9. The Morgan fingerprint density at radius 3 is 1.31 bits per heavy atom. The molecule has 0 unspecified atom stereocenters. The van der Waals surface area contributed by atoms with Crippen LogP contribution in [0.15, 0.2) is 0 Å². The van der Waals surface area contributed by atoms with Gasteiger partial charge in [-0.3, -0.25) is 8.78 Å². The molecule has 0 nitrogen and oxygen atoms in total. The van der Waals surface area contributed by atoms with Gasteiger partial charge < -0.3 is 24.0 Å². The summed E-state index contributed by atoms with van der Waals surface area (Å²) in [5.41, 5.74) is 0. The van der Waals surface area contributed by atoms with Gasteiger partial charge in [0.05, 0.1) is 29.1 Å². The van der Waals surface area contributed by atoms with Crippen LogP contribution in [0, 0.1) is 35.2 Å². The quantitative estimate of drug-likeness (QED) is 0.142. The van der Waals surface area contributed by atoms with E-state index in [-0.39, 0.29) is 43.5 Å². The molecule has 0 saturated heterocycles. The SMILES string of the molecule is Fc1[c-]c(F)c(F)c(F)c1F.[I-].[Zn+2]. The molecule has 0 amide bonds. The van der Waals surface area contributed by atoms with Crippen molar-refractivity contribution in [2.45, 2.75) is 0 Å². The zero-order valence-corrected chi connectivity index (χ0v) is 11.1. The topological polar surface area (TPSA) is 0 Å².